The average Bonchev–Trinajstić information content (AvgIpc) is 2.96. The third-order valence-electron chi connectivity index (χ3n) is 3.32. The van der Waals surface area contributed by atoms with Crippen LogP contribution in [-0.2, 0) is 4.74 Å². The monoisotopic (exact) mass is 263 g/mol. The van der Waals surface area contributed by atoms with E-state index in [4.69, 9.17) is 4.74 Å². The molecule has 2 N–H and O–H groups in total. The fourth-order valence-corrected chi connectivity index (χ4v) is 2.25. The lowest BCUT2D eigenvalue weighted by Crippen LogP contribution is -2.29. The van der Waals surface area contributed by atoms with Crippen LogP contribution in [0.15, 0.2) is 18.3 Å². The largest absolute Gasteiger partial charge is 0.388 e. The lowest BCUT2D eigenvalue weighted by Gasteiger charge is -2.11. The van der Waals surface area contributed by atoms with Crippen molar-refractivity contribution in [1.82, 2.24) is 10.3 Å². The number of carbonyl (C=O) groups excluding carboxylic acids is 1. The summed E-state index contributed by atoms with van der Waals surface area (Å²) in [5, 5.41) is 5.80. The second-order valence-corrected chi connectivity index (χ2v) is 4.71. The topological polar surface area (TPSA) is 63.2 Å². The molecule has 1 aliphatic carbocycles. The maximum atomic E-state index is 11.9. The second kappa shape index (κ2) is 7.09. The number of hydrogen-bond acceptors (Lipinski definition) is 4. The maximum absolute atomic E-state index is 11.9. The molecule has 5 nitrogen and oxygen atoms in total. The minimum atomic E-state index is -0.160. The molecule has 0 radical (unpaired) electrons. The number of hydrogen-bond donors (Lipinski definition) is 2. The molecule has 1 heterocycles. The van der Waals surface area contributed by atoms with Crippen molar-refractivity contribution in [3.8, 4) is 0 Å². The minimum absolute atomic E-state index is 0.160. The lowest BCUT2D eigenvalue weighted by atomic mass is 10.3. The Morgan fingerprint density at radius 2 is 2.26 bits per heavy atom. The summed E-state index contributed by atoms with van der Waals surface area (Å²) in [5.74, 6) is -0.160. The van der Waals surface area contributed by atoms with Crippen molar-refractivity contribution >= 4 is 11.6 Å². The summed E-state index contributed by atoms with van der Waals surface area (Å²) >= 11 is 0. The maximum Gasteiger partial charge on any atom is 0.270 e. The van der Waals surface area contributed by atoms with E-state index >= 15 is 0 Å². The number of amides is 1. The summed E-state index contributed by atoms with van der Waals surface area (Å²) in [6.07, 6.45) is 6.84. The predicted octanol–water partition coefficient (Wildman–Crippen LogP) is 1.81. The molecule has 19 heavy (non-hydrogen) atoms. The van der Waals surface area contributed by atoms with Crippen LogP contribution >= 0.6 is 0 Å². The lowest BCUT2D eigenvalue weighted by molar-refractivity contribution is 0.0581. The molecule has 0 atom stereocenters. The van der Waals surface area contributed by atoms with Gasteiger partial charge in [0.2, 0.25) is 0 Å². The number of aromatic nitrogens is 1. The van der Waals surface area contributed by atoms with Crippen LogP contribution in [0.4, 0.5) is 5.69 Å². The molecule has 0 aliphatic heterocycles. The van der Waals surface area contributed by atoms with E-state index in [0.717, 1.165) is 18.5 Å². The molecule has 0 aromatic carbocycles. The molecule has 1 aliphatic rings. The Hall–Kier alpha value is -1.62. The van der Waals surface area contributed by atoms with E-state index in [1.54, 1.807) is 12.3 Å². The Bertz CT molecular complexity index is 417. The van der Waals surface area contributed by atoms with Gasteiger partial charge in [-0.25, -0.2) is 0 Å². The van der Waals surface area contributed by atoms with Crippen molar-refractivity contribution in [2.24, 2.45) is 0 Å². The van der Waals surface area contributed by atoms with Gasteiger partial charge in [0.1, 0.15) is 5.69 Å². The standard InChI is InChI=1S/C14H21N3O2/c1-15-11-6-7-16-13(10-11)14(18)17-8-9-19-12-4-2-3-5-12/h6-7,10,12H,2-5,8-9H2,1H3,(H,15,16)(H,17,18). The summed E-state index contributed by atoms with van der Waals surface area (Å²) in [7, 11) is 1.81. The van der Waals surface area contributed by atoms with E-state index < -0.39 is 0 Å². The first-order valence-corrected chi connectivity index (χ1v) is 6.83. The Morgan fingerprint density at radius 3 is 3.00 bits per heavy atom. The van der Waals surface area contributed by atoms with Gasteiger partial charge in [0.05, 0.1) is 12.7 Å². The van der Waals surface area contributed by atoms with E-state index in [2.05, 4.69) is 15.6 Å². The molecular weight excluding hydrogens is 242 g/mol. The molecule has 1 aromatic rings. The van der Waals surface area contributed by atoms with Gasteiger partial charge in [-0.05, 0) is 25.0 Å². The number of carbonyl (C=O) groups is 1. The van der Waals surface area contributed by atoms with E-state index in [9.17, 15) is 4.79 Å². The predicted molar refractivity (Wildman–Crippen MR) is 74.3 cm³/mol. The summed E-state index contributed by atoms with van der Waals surface area (Å²) in [6, 6.07) is 3.55. The average molecular weight is 263 g/mol. The van der Waals surface area contributed by atoms with Crippen molar-refractivity contribution in [1.29, 1.82) is 0 Å². The fraction of sp³-hybridized carbons (Fsp3) is 0.571. The van der Waals surface area contributed by atoms with Crippen LogP contribution in [0.1, 0.15) is 36.2 Å². The van der Waals surface area contributed by atoms with Crippen molar-refractivity contribution in [2.75, 3.05) is 25.5 Å². The van der Waals surface area contributed by atoms with Crippen molar-refractivity contribution in [3.05, 3.63) is 24.0 Å². The highest BCUT2D eigenvalue weighted by Crippen LogP contribution is 2.20. The number of rotatable bonds is 6. The first-order chi connectivity index (χ1) is 9.29. The molecule has 1 fully saturated rings. The van der Waals surface area contributed by atoms with Gasteiger partial charge >= 0.3 is 0 Å². The van der Waals surface area contributed by atoms with Gasteiger partial charge in [-0.15, -0.1) is 0 Å². The molecule has 1 amide bonds. The van der Waals surface area contributed by atoms with Crippen LogP contribution in [-0.4, -0.2) is 37.2 Å². The summed E-state index contributed by atoms with van der Waals surface area (Å²) in [6.45, 7) is 1.10. The molecule has 0 saturated heterocycles. The molecule has 1 saturated carbocycles. The van der Waals surface area contributed by atoms with Gasteiger partial charge < -0.3 is 15.4 Å². The Balaban J connectivity index is 1.71. The molecule has 104 valence electrons. The number of nitrogens with zero attached hydrogens (tertiary/aromatic N) is 1. The molecule has 5 heteroatoms. The van der Waals surface area contributed by atoms with E-state index in [1.165, 1.54) is 12.8 Å². The number of ether oxygens (including phenoxy) is 1. The zero-order valence-electron chi connectivity index (χ0n) is 11.3. The van der Waals surface area contributed by atoms with Gasteiger partial charge in [0, 0.05) is 25.5 Å². The highest BCUT2D eigenvalue weighted by molar-refractivity contribution is 5.93. The van der Waals surface area contributed by atoms with Gasteiger partial charge in [0.25, 0.3) is 5.91 Å². The third-order valence-corrected chi connectivity index (χ3v) is 3.32. The van der Waals surface area contributed by atoms with E-state index in [1.807, 2.05) is 13.1 Å². The smallest absolute Gasteiger partial charge is 0.270 e. The van der Waals surface area contributed by atoms with Crippen LogP contribution in [0.5, 0.6) is 0 Å². The summed E-state index contributed by atoms with van der Waals surface area (Å²) in [4.78, 5) is 15.9. The van der Waals surface area contributed by atoms with Crippen molar-refractivity contribution in [3.63, 3.8) is 0 Å². The van der Waals surface area contributed by atoms with Crippen LogP contribution in [0.2, 0.25) is 0 Å². The van der Waals surface area contributed by atoms with Crippen molar-refractivity contribution < 1.29 is 9.53 Å². The minimum Gasteiger partial charge on any atom is -0.388 e. The SMILES string of the molecule is CNc1ccnc(C(=O)NCCOC2CCCC2)c1. The van der Waals surface area contributed by atoms with Crippen LogP contribution in [0.3, 0.4) is 0 Å². The summed E-state index contributed by atoms with van der Waals surface area (Å²) in [5.41, 5.74) is 1.30. The van der Waals surface area contributed by atoms with E-state index in [0.29, 0.717) is 24.9 Å². The molecule has 1 aromatic heterocycles. The first-order valence-electron chi connectivity index (χ1n) is 6.83. The Labute approximate surface area is 113 Å². The first kappa shape index (κ1) is 13.8. The number of anilines is 1. The molecule has 0 spiro atoms. The molecule has 0 unspecified atom stereocenters. The normalized spacial score (nSPS) is 15.4. The van der Waals surface area contributed by atoms with Crippen LogP contribution in [0.25, 0.3) is 0 Å². The van der Waals surface area contributed by atoms with Gasteiger partial charge in [0.15, 0.2) is 0 Å². The summed E-state index contributed by atoms with van der Waals surface area (Å²) < 4.78 is 5.69. The van der Waals surface area contributed by atoms with Gasteiger partial charge in [-0.3, -0.25) is 9.78 Å². The third kappa shape index (κ3) is 4.21. The van der Waals surface area contributed by atoms with Crippen LogP contribution in [0, 0.1) is 0 Å². The Kier molecular flexibility index (Phi) is 5.15. The zero-order valence-corrected chi connectivity index (χ0v) is 11.3. The van der Waals surface area contributed by atoms with Crippen molar-refractivity contribution in [2.45, 2.75) is 31.8 Å². The van der Waals surface area contributed by atoms with Gasteiger partial charge in [-0.1, -0.05) is 12.8 Å². The quantitative estimate of drug-likeness (QED) is 0.768. The molecule has 0 bridgehead atoms. The molecule has 2 rings (SSSR count). The second-order valence-electron chi connectivity index (χ2n) is 4.71. The van der Waals surface area contributed by atoms with Gasteiger partial charge in [-0.2, -0.15) is 0 Å². The number of pyridine rings is 1. The number of nitrogens with one attached hydrogen (secondary N) is 2. The molecular formula is C14H21N3O2. The zero-order chi connectivity index (χ0) is 13.5. The van der Waals surface area contributed by atoms with E-state index in [-0.39, 0.29) is 5.91 Å². The highest BCUT2D eigenvalue weighted by Gasteiger charge is 2.15. The fourth-order valence-electron chi connectivity index (χ4n) is 2.25. The van der Waals surface area contributed by atoms with Crippen LogP contribution < -0.4 is 10.6 Å². The highest BCUT2D eigenvalue weighted by atomic mass is 16.5. The Morgan fingerprint density at radius 1 is 1.47 bits per heavy atom.